The summed E-state index contributed by atoms with van der Waals surface area (Å²) in [6, 6.07) is 23.0. The van der Waals surface area contributed by atoms with E-state index in [1.54, 1.807) is 19.1 Å². The van der Waals surface area contributed by atoms with Gasteiger partial charge in [0, 0.05) is 11.1 Å². The minimum atomic E-state index is -0.259. The Hall–Kier alpha value is -4.13. The molecule has 172 valence electrons. The van der Waals surface area contributed by atoms with Crippen LogP contribution in [0.25, 0.3) is 0 Å². The summed E-state index contributed by atoms with van der Waals surface area (Å²) in [7, 11) is 3.31. The van der Waals surface area contributed by atoms with Gasteiger partial charge in [-0.05, 0) is 49.2 Å². The summed E-state index contributed by atoms with van der Waals surface area (Å²) < 4.78 is 12.8. The number of ether oxygens (including phenoxy) is 2. The quantitative estimate of drug-likeness (QED) is 0.425. The number of benzene rings is 3. The van der Waals surface area contributed by atoms with Crippen LogP contribution in [0, 0.1) is 6.92 Å². The maximum Gasteiger partial charge on any atom is 0.261 e. The molecule has 1 aromatic heterocycles. The molecular weight excluding hydrogens is 428 g/mol. The SMILES string of the molecule is COc1ccc([C@@H]2C[C@@H](c3ccccc3OC)n3ncnc3N2C(=O)c2cccc(C)c2)cc1. The number of amides is 1. The van der Waals surface area contributed by atoms with Gasteiger partial charge in [-0.2, -0.15) is 10.1 Å². The first-order valence-corrected chi connectivity index (χ1v) is 11.2. The van der Waals surface area contributed by atoms with Gasteiger partial charge in [0.1, 0.15) is 17.8 Å². The van der Waals surface area contributed by atoms with Crippen molar-refractivity contribution in [2.45, 2.75) is 25.4 Å². The molecule has 0 fully saturated rings. The molecule has 7 heteroatoms. The Morgan fingerprint density at radius 1 is 0.941 bits per heavy atom. The Morgan fingerprint density at radius 2 is 1.74 bits per heavy atom. The number of para-hydroxylation sites is 1. The number of fused-ring (bicyclic) bond motifs is 1. The highest BCUT2D eigenvalue weighted by molar-refractivity contribution is 6.06. The molecule has 7 nitrogen and oxygen atoms in total. The van der Waals surface area contributed by atoms with E-state index in [-0.39, 0.29) is 18.0 Å². The number of rotatable bonds is 5. The number of nitrogens with zero attached hydrogens (tertiary/aromatic N) is 4. The summed E-state index contributed by atoms with van der Waals surface area (Å²) in [5.41, 5.74) is 3.63. The molecule has 1 amide bonds. The van der Waals surface area contributed by atoms with Crippen molar-refractivity contribution in [3.8, 4) is 11.5 Å². The number of carbonyl (C=O) groups excluding carboxylic acids is 1. The highest BCUT2D eigenvalue weighted by Crippen LogP contribution is 2.44. The summed E-state index contributed by atoms with van der Waals surface area (Å²) in [5.74, 6) is 1.94. The minimum Gasteiger partial charge on any atom is -0.497 e. The molecule has 3 aromatic carbocycles. The first-order chi connectivity index (χ1) is 16.6. The van der Waals surface area contributed by atoms with E-state index in [0.29, 0.717) is 17.9 Å². The molecule has 0 spiro atoms. The number of anilines is 1. The zero-order valence-electron chi connectivity index (χ0n) is 19.4. The lowest BCUT2D eigenvalue weighted by Crippen LogP contribution is -2.42. The van der Waals surface area contributed by atoms with E-state index in [1.807, 2.05) is 84.4 Å². The molecule has 1 aliphatic heterocycles. The number of carbonyl (C=O) groups is 1. The standard InChI is InChI=1S/C27H26N4O3/c1-18-7-6-8-20(15-18)26(32)30-23(19-11-13-21(33-2)14-12-19)16-24(31-27(30)28-17-29-31)22-9-4-5-10-25(22)34-3/h4-15,17,23-24H,16H2,1-3H3/t23-,24-/m0/s1. The van der Waals surface area contributed by atoms with E-state index in [2.05, 4.69) is 10.1 Å². The third kappa shape index (κ3) is 3.79. The molecule has 0 unspecified atom stereocenters. The number of aromatic nitrogens is 3. The molecule has 2 atom stereocenters. The van der Waals surface area contributed by atoms with Crippen LogP contribution in [-0.2, 0) is 0 Å². The Morgan fingerprint density at radius 3 is 2.47 bits per heavy atom. The van der Waals surface area contributed by atoms with Gasteiger partial charge < -0.3 is 9.47 Å². The molecular formula is C27H26N4O3. The van der Waals surface area contributed by atoms with Gasteiger partial charge in [0.25, 0.3) is 5.91 Å². The molecule has 0 bridgehead atoms. The summed E-state index contributed by atoms with van der Waals surface area (Å²) in [6.07, 6.45) is 2.12. The molecule has 34 heavy (non-hydrogen) atoms. The molecule has 0 saturated heterocycles. The van der Waals surface area contributed by atoms with Crippen molar-refractivity contribution in [2.24, 2.45) is 0 Å². The zero-order valence-corrected chi connectivity index (χ0v) is 19.4. The van der Waals surface area contributed by atoms with Crippen LogP contribution in [0.4, 0.5) is 5.95 Å². The molecule has 5 rings (SSSR count). The van der Waals surface area contributed by atoms with Gasteiger partial charge >= 0.3 is 0 Å². The second-order valence-electron chi connectivity index (χ2n) is 8.33. The van der Waals surface area contributed by atoms with Gasteiger partial charge in [-0.25, -0.2) is 4.68 Å². The van der Waals surface area contributed by atoms with Crippen molar-refractivity contribution in [2.75, 3.05) is 19.1 Å². The summed E-state index contributed by atoms with van der Waals surface area (Å²) in [6.45, 7) is 1.98. The Labute approximate surface area is 198 Å². The van der Waals surface area contributed by atoms with Crippen molar-refractivity contribution < 1.29 is 14.3 Å². The Bertz CT molecular complexity index is 1320. The summed E-state index contributed by atoms with van der Waals surface area (Å²) >= 11 is 0. The van der Waals surface area contributed by atoms with Crippen LogP contribution in [0.15, 0.2) is 79.1 Å². The summed E-state index contributed by atoms with van der Waals surface area (Å²) in [5, 5.41) is 4.53. The lowest BCUT2D eigenvalue weighted by molar-refractivity contribution is 0.0963. The van der Waals surface area contributed by atoms with Crippen LogP contribution in [0.1, 0.15) is 45.6 Å². The molecule has 1 aliphatic rings. The van der Waals surface area contributed by atoms with Crippen LogP contribution in [0.3, 0.4) is 0 Å². The van der Waals surface area contributed by atoms with Crippen LogP contribution in [0.2, 0.25) is 0 Å². The van der Waals surface area contributed by atoms with Gasteiger partial charge in [-0.1, -0.05) is 48.0 Å². The third-order valence-electron chi connectivity index (χ3n) is 6.31. The van der Waals surface area contributed by atoms with E-state index in [1.165, 1.54) is 6.33 Å². The highest BCUT2D eigenvalue weighted by atomic mass is 16.5. The third-order valence-corrected chi connectivity index (χ3v) is 6.31. The highest BCUT2D eigenvalue weighted by Gasteiger charge is 2.40. The number of aryl methyl sites for hydroxylation is 1. The van der Waals surface area contributed by atoms with Crippen LogP contribution < -0.4 is 14.4 Å². The predicted octanol–water partition coefficient (Wildman–Crippen LogP) is 4.98. The fourth-order valence-electron chi connectivity index (χ4n) is 4.65. The van der Waals surface area contributed by atoms with Crippen molar-refractivity contribution in [1.29, 1.82) is 0 Å². The predicted molar refractivity (Wildman–Crippen MR) is 129 cm³/mol. The first-order valence-electron chi connectivity index (χ1n) is 11.2. The minimum absolute atomic E-state index is 0.114. The topological polar surface area (TPSA) is 69.5 Å². The maximum atomic E-state index is 13.9. The van der Waals surface area contributed by atoms with E-state index in [9.17, 15) is 4.79 Å². The van der Waals surface area contributed by atoms with E-state index in [0.717, 1.165) is 28.2 Å². The fraction of sp³-hybridized carbons (Fsp3) is 0.222. The second kappa shape index (κ2) is 9.02. The largest absolute Gasteiger partial charge is 0.497 e. The van der Waals surface area contributed by atoms with Crippen molar-refractivity contribution in [3.63, 3.8) is 0 Å². The molecule has 0 aliphatic carbocycles. The van der Waals surface area contributed by atoms with Crippen molar-refractivity contribution in [3.05, 3.63) is 101 Å². The van der Waals surface area contributed by atoms with E-state index < -0.39 is 0 Å². The first kappa shape index (κ1) is 21.7. The molecule has 4 aromatic rings. The van der Waals surface area contributed by atoms with Crippen molar-refractivity contribution >= 4 is 11.9 Å². The van der Waals surface area contributed by atoms with Gasteiger partial charge in [-0.3, -0.25) is 9.69 Å². The zero-order chi connectivity index (χ0) is 23.7. The van der Waals surface area contributed by atoms with E-state index in [4.69, 9.17) is 9.47 Å². The summed E-state index contributed by atoms with van der Waals surface area (Å²) in [4.78, 5) is 20.2. The second-order valence-corrected chi connectivity index (χ2v) is 8.33. The lowest BCUT2D eigenvalue weighted by Gasteiger charge is -2.39. The Kier molecular flexibility index (Phi) is 5.76. The van der Waals surface area contributed by atoms with Gasteiger partial charge in [-0.15, -0.1) is 0 Å². The molecule has 0 N–H and O–H groups in total. The number of hydrogen-bond donors (Lipinski definition) is 0. The maximum absolute atomic E-state index is 13.9. The monoisotopic (exact) mass is 454 g/mol. The van der Waals surface area contributed by atoms with Crippen LogP contribution >= 0.6 is 0 Å². The van der Waals surface area contributed by atoms with Gasteiger partial charge in [0.05, 0.1) is 26.3 Å². The average Bonchev–Trinajstić information content (AvgIpc) is 3.37. The van der Waals surface area contributed by atoms with E-state index >= 15 is 0 Å². The molecule has 2 heterocycles. The van der Waals surface area contributed by atoms with Gasteiger partial charge in [0.2, 0.25) is 5.95 Å². The fourth-order valence-corrected chi connectivity index (χ4v) is 4.65. The lowest BCUT2D eigenvalue weighted by atomic mass is 9.91. The van der Waals surface area contributed by atoms with Crippen molar-refractivity contribution in [1.82, 2.24) is 14.8 Å². The van der Waals surface area contributed by atoms with Crippen LogP contribution in [0.5, 0.6) is 11.5 Å². The number of methoxy groups -OCH3 is 2. The molecule has 0 radical (unpaired) electrons. The molecule has 0 saturated carbocycles. The van der Waals surface area contributed by atoms with Gasteiger partial charge in [0.15, 0.2) is 0 Å². The average molecular weight is 455 g/mol. The normalized spacial score (nSPS) is 17.2. The Balaban J connectivity index is 1.66. The smallest absolute Gasteiger partial charge is 0.261 e. The number of hydrogen-bond acceptors (Lipinski definition) is 5. The van der Waals surface area contributed by atoms with Crippen LogP contribution in [-0.4, -0.2) is 34.9 Å².